The van der Waals surface area contributed by atoms with E-state index in [-0.39, 0.29) is 34.7 Å². The van der Waals surface area contributed by atoms with Gasteiger partial charge in [-0.05, 0) is 73.9 Å². The first kappa shape index (κ1) is 49.8. The Hall–Kier alpha value is -8.64. The van der Waals surface area contributed by atoms with Crippen LogP contribution in [0.1, 0.15) is 141 Å². The molecule has 3 aliphatic carbocycles. The average Bonchev–Trinajstić information content (AvgIpc) is 3.41. The largest absolute Gasteiger partial charge is 0.388 e. The van der Waals surface area contributed by atoms with Crippen LogP contribution >= 0.6 is 0 Å². The summed E-state index contributed by atoms with van der Waals surface area (Å²) < 4.78 is 0. The van der Waals surface area contributed by atoms with Crippen LogP contribution < -0.4 is 31.9 Å². The van der Waals surface area contributed by atoms with E-state index in [9.17, 15) is 28.8 Å². The van der Waals surface area contributed by atoms with Crippen molar-refractivity contribution >= 4 is 74.5 Å². The summed E-state index contributed by atoms with van der Waals surface area (Å²) in [4.78, 5) is 78.0. The Morgan fingerprint density at radius 1 is 0.347 bits per heavy atom. The second-order valence-electron chi connectivity index (χ2n) is 17.6. The van der Waals surface area contributed by atoms with Crippen LogP contribution in [0.3, 0.4) is 0 Å². The monoisotopic (exact) mass is 958 g/mol. The molecule has 0 bridgehead atoms. The van der Waals surface area contributed by atoms with Gasteiger partial charge in [-0.1, -0.05) is 112 Å². The molecule has 0 unspecified atom stereocenters. The van der Waals surface area contributed by atoms with Crippen LogP contribution in [0.2, 0.25) is 0 Å². The van der Waals surface area contributed by atoms with Gasteiger partial charge in [-0.3, -0.25) is 28.8 Å². The molecule has 10 rings (SSSR count). The third-order valence-corrected chi connectivity index (χ3v) is 13.0. The number of fused-ring (bicyclic) bond motifs is 6. The van der Waals surface area contributed by atoms with E-state index < -0.39 is 0 Å². The van der Waals surface area contributed by atoms with E-state index in [0.29, 0.717) is 89.5 Å². The minimum Gasteiger partial charge on any atom is -0.388 e. The molecule has 0 saturated heterocycles. The first-order chi connectivity index (χ1) is 35.0. The van der Waals surface area contributed by atoms with E-state index in [0.717, 1.165) is 61.4 Å². The minimum absolute atomic E-state index is 0.0756. The van der Waals surface area contributed by atoms with Gasteiger partial charge >= 0.3 is 0 Å². The number of carbonyl (C=O) groups excluding carboxylic acids is 6. The van der Waals surface area contributed by atoms with Crippen LogP contribution in [0.4, 0.5) is 39.8 Å². The molecule has 0 heterocycles. The summed E-state index contributed by atoms with van der Waals surface area (Å²) in [7, 11) is 5.24. The molecular formula is C60H58N6O6. The van der Waals surface area contributed by atoms with Gasteiger partial charge < -0.3 is 31.9 Å². The van der Waals surface area contributed by atoms with E-state index in [1.165, 1.54) is 0 Å². The lowest BCUT2D eigenvalue weighted by Crippen LogP contribution is -2.24. The lowest BCUT2D eigenvalue weighted by molar-refractivity contribution is 0.0980. The van der Waals surface area contributed by atoms with Crippen molar-refractivity contribution in [1.29, 1.82) is 0 Å². The summed E-state index contributed by atoms with van der Waals surface area (Å²) in [6.45, 7) is 7.84. The van der Waals surface area contributed by atoms with E-state index >= 15 is 0 Å². The number of hydrogen-bond acceptors (Lipinski definition) is 12. The zero-order valence-corrected chi connectivity index (χ0v) is 41.4. The van der Waals surface area contributed by atoms with Gasteiger partial charge in [-0.2, -0.15) is 0 Å². The predicted octanol–water partition coefficient (Wildman–Crippen LogP) is 12.0. The second-order valence-corrected chi connectivity index (χ2v) is 17.6. The zero-order valence-electron chi connectivity index (χ0n) is 41.4. The van der Waals surface area contributed by atoms with Crippen molar-refractivity contribution in [2.45, 2.75) is 46.5 Å². The molecule has 0 aliphatic heterocycles. The van der Waals surface area contributed by atoms with Gasteiger partial charge in [0.15, 0.2) is 34.7 Å². The molecule has 0 saturated carbocycles. The molecule has 3 aliphatic rings. The first-order valence-electron chi connectivity index (χ1n) is 24.4. The highest BCUT2D eigenvalue weighted by molar-refractivity contribution is 6.34. The number of benzene rings is 7. The van der Waals surface area contributed by atoms with E-state index in [1.54, 1.807) is 81.8 Å². The van der Waals surface area contributed by atoms with E-state index in [2.05, 4.69) is 45.7 Å². The number of hydrogen-bond donors (Lipinski definition) is 6. The Morgan fingerprint density at radius 3 is 0.944 bits per heavy atom. The van der Waals surface area contributed by atoms with Crippen LogP contribution in [-0.4, -0.2) is 68.9 Å². The lowest BCUT2D eigenvalue weighted by atomic mass is 9.82. The number of rotatable bonds is 13. The fraction of sp³-hybridized carbons (Fsp3) is 0.200. The molecule has 0 atom stereocenters. The van der Waals surface area contributed by atoms with Crippen molar-refractivity contribution in [3.05, 3.63) is 206 Å². The number of aryl methyl sites for hydroxylation is 1. The maximum absolute atomic E-state index is 13.2. The number of ketones is 6. The predicted molar refractivity (Wildman–Crippen MR) is 289 cm³/mol. The smallest absolute Gasteiger partial charge is 0.196 e. The van der Waals surface area contributed by atoms with Crippen LogP contribution in [0.15, 0.2) is 133 Å². The van der Waals surface area contributed by atoms with Crippen molar-refractivity contribution in [1.82, 2.24) is 0 Å². The normalized spacial score (nSPS) is 12.5. The molecule has 7 aromatic carbocycles. The van der Waals surface area contributed by atoms with Crippen LogP contribution in [0, 0.1) is 6.92 Å². The minimum atomic E-state index is -0.137. The molecule has 0 amide bonds. The molecule has 72 heavy (non-hydrogen) atoms. The van der Waals surface area contributed by atoms with Crippen molar-refractivity contribution in [2.24, 2.45) is 0 Å². The summed E-state index contributed by atoms with van der Waals surface area (Å²) >= 11 is 0. The van der Waals surface area contributed by atoms with Crippen LogP contribution in [0.25, 0.3) is 0 Å². The number of carbonyl (C=O) groups is 6. The van der Waals surface area contributed by atoms with Crippen molar-refractivity contribution in [3.63, 3.8) is 0 Å². The van der Waals surface area contributed by atoms with E-state index in [4.69, 9.17) is 0 Å². The molecule has 12 nitrogen and oxygen atoms in total. The summed E-state index contributed by atoms with van der Waals surface area (Å²) in [6, 6.07) is 40.1. The van der Waals surface area contributed by atoms with Crippen LogP contribution in [-0.2, 0) is 0 Å². The molecule has 7 aromatic rings. The SMILES string of the molecule is CCCCNc1ccc(NCCCC)c2c1C(=O)c1ccccc1C2=O.CNc1ccc(NC)c2c1C(=O)c1ccccc1C2=O.CNc1ccc(Nc2cccc(C)c2)c2c1C(=O)c1ccccc1C2=O. The molecule has 0 spiro atoms. The third-order valence-electron chi connectivity index (χ3n) is 13.0. The van der Waals surface area contributed by atoms with Crippen molar-refractivity contribution in [3.8, 4) is 0 Å². The topological polar surface area (TPSA) is 175 Å². The van der Waals surface area contributed by atoms with Gasteiger partial charge in [0.05, 0.1) is 39.1 Å². The summed E-state index contributed by atoms with van der Waals surface area (Å²) in [5, 5.41) is 19.0. The number of nitrogens with one attached hydrogen (secondary N) is 6. The fourth-order valence-corrected chi connectivity index (χ4v) is 9.37. The zero-order chi connectivity index (χ0) is 51.1. The standard InChI is InChI=1S/C22H18N2O2.C22H26N2O2.C16H14N2O2/c1-13-6-5-7-14(12-13)24-18-11-10-17(23-2)19-20(18)22(26)16-9-4-3-8-15(16)21(19)25;1-3-5-13-23-17-11-12-18(24-14-6-4-2)20-19(17)21(25)15-9-7-8-10-16(15)22(20)26;1-17-11-7-8-12(18-2)14-13(11)15(19)9-5-3-4-6-10(9)16(14)20/h3-12,23-24H,1-2H3;7-12,23-24H,3-6,13-14H2,1-2H3;3-8,17-18H,1-2H3. The van der Waals surface area contributed by atoms with E-state index in [1.807, 2.05) is 79.7 Å². The molecular weight excluding hydrogens is 901 g/mol. The molecule has 12 heteroatoms. The van der Waals surface area contributed by atoms with Gasteiger partial charge in [-0.15, -0.1) is 0 Å². The van der Waals surface area contributed by atoms with Gasteiger partial charge in [0, 0.05) is 102 Å². The maximum Gasteiger partial charge on any atom is 0.196 e. The second kappa shape index (κ2) is 22.0. The van der Waals surface area contributed by atoms with Gasteiger partial charge in [-0.25, -0.2) is 0 Å². The highest BCUT2D eigenvalue weighted by atomic mass is 16.2. The van der Waals surface area contributed by atoms with Gasteiger partial charge in [0.2, 0.25) is 0 Å². The number of anilines is 7. The quantitative estimate of drug-likeness (QED) is 0.0605. The molecule has 6 N–H and O–H groups in total. The summed E-state index contributed by atoms with van der Waals surface area (Å²) in [5.74, 6) is -0.648. The molecule has 0 radical (unpaired) electrons. The molecule has 364 valence electrons. The lowest BCUT2D eigenvalue weighted by Gasteiger charge is -2.24. The van der Waals surface area contributed by atoms with Crippen LogP contribution in [0.5, 0.6) is 0 Å². The summed E-state index contributed by atoms with van der Waals surface area (Å²) in [6.07, 6.45) is 4.18. The number of unbranched alkanes of at least 4 members (excludes halogenated alkanes) is 2. The Kier molecular flexibility index (Phi) is 15.2. The van der Waals surface area contributed by atoms with Crippen molar-refractivity contribution < 1.29 is 28.8 Å². The first-order valence-corrected chi connectivity index (χ1v) is 24.4. The van der Waals surface area contributed by atoms with Gasteiger partial charge in [0.25, 0.3) is 0 Å². The Morgan fingerprint density at radius 2 is 0.639 bits per heavy atom. The highest BCUT2D eigenvalue weighted by Crippen LogP contribution is 2.40. The van der Waals surface area contributed by atoms with Gasteiger partial charge in [0.1, 0.15) is 0 Å². The Balaban J connectivity index is 0.000000146. The Labute approximate surface area is 420 Å². The molecule has 0 fully saturated rings. The highest BCUT2D eigenvalue weighted by Gasteiger charge is 2.36. The fourth-order valence-electron chi connectivity index (χ4n) is 9.37. The van der Waals surface area contributed by atoms with Crippen molar-refractivity contribution in [2.75, 3.05) is 66.1 Å². The maximum atomic E-state index is 13.2. The average molecular weight is 959 g/mol. The summed E-state index contributed by atoms with van der Waals surface area (Å²) in [5.41, 5.74) is 11.7. The Bertz CT molecular complexity index is 3170. The third kappa shape index (κ3) is 9.51. The molecule has 0 aromatic heterocycles.